The maximum atomic E-state index is 12.2. The van der Waals surface area contributed by atoms with Crippen molar-refractivity contribution in [3.8, 4) is 0 Å². The quantitative estimate of drug-likeness (QED) is 0.787. The van der Waals surface area contributed by atoms with Gasteiger partial charge >= 0.3 is 0 Å². The molecule has 1 saturated heterocycles. The zero-order valence-electron chi connectivity index (χ0n) is 9.48. The van der Waals surface area contributed by atoms with Crippen LogP contribution in [-0.2, 0) is 4.74 Å². The normalized spacial score (nSPS) is 24.6. The minimum Gasteiger partial charge on any atom is -0.366 e. The highest BCUT2D eigenvalue weighted by molar-refractivity contribution is 6.00. The number of carbonyl (C=O) groups excluding carboxylic acids is 1. The summed E-state index contributed by atoms with van der Waals surface area (Å²) in [5, 5.41) is 0. The van der Waals surface area contributed by atoms with Crippen molar-refractivity contribution in [3.63, 3.8) is 0 Å². The average molecular weight is 219 g/mol. The summed E-state index contributed by atoms with van der Waals surface area (Å²) in [6.07, 6.45) is 1.43. The molecule has 3 heteroatoms. The Morgan fingerprint density at radius 2 is 2.19 bits per heavy atom. The minimum absolute atomic E-state index is 0.0537. The first-order valence-corrected chi connectivity index (χ1v) is 5.67. The molecular weight excluding hydrogens is 202 g/mol. The van der Waals surface area contributed by atoms with Gasteiger partial charge in [-0.15, -0.1) is 0 Å². The van der Waals surface area contributed by atoms with Crippen LogP contribution in [0.3, 0.4) is 0 Å². The fourth-order valence-corrected chi connectivity index (χ4v) is 2.09. The molecule has 2 atom stereocenters. The van der Waals surface area contributed by atoms with Crippen molar-refractivity contribution in [2.45, 2.75) is 32.0 Å². The summed E-state index contributed by atoms with van der Waals surface area (Å²) < 4.78 is 5.61. The van der Waals surface area contributed by atoms with Crippen molar-refractivity contribution in [1.82, 2.24) is 0 Å². The number of rotatable bonds is 3. The second-order valence-corrected chi connectivity index (χ2v) is 4.24. The van der Waals surface area contributed by atoms with Crippen LogP contribution >= 0.6 is 0 Å². The van der Waals surface area contributed by atoms with Crippen molar-refractivity contribution >= 4 is 5.78 Å². The lowest BCUT2D eigenvalue weighted by Gasteiger charge is -2.12. The van der Waals surface area contributed by atoms with Gasteiger partial charge in [-0.1, -0.05) is 24.3 Å². The number of Topliss-reactive ketones (excluding diaryl/α,β-unsaturated/α-hetero) is 1. The Kier molecular flexibility index (Phi) is 3.36. The first-order chi connectivity index (χ1) is 7.72. The number of nitrogens with two attached hydrogens (primary N) is 1. The number of aryl methyl sites for hydroxylation is 1. The van der Waals surface area contributed by atoms with E-state index in [0.29, 0.717) is 6.54 Å². The van der Waals surface area contributed by atoms with Crippen molar-refractivity contribution < 1.29 is 9.53 Å². The second kappa shape index (κ2) is 4.76. The van der Waals surface area contributed by atoms with E-state index in [0.717, 1.165) is 24.0 Å². The third-order valence-corrected chi connectivity index (χ3v) is 3.07. The van der Waals surface area contributed by atoms with Crippen molar-refractivity contribution in [2.24, 2.45) is 5.73 Å². The van der Waals surface area contributed by atoms with Crippen molar-refractivity contribution in [3.05, 3.63) is 35.4 Å². The number of ether oxygens (including phenoxy) is 1. The first kappa shape index (κ1) is 11.3. The van der Waals surface area contributed by atoms with E-state index in [9.17, 15) is 4.79 Å². The summed E-state index contributed by atoms with van der Waals surface area (Å²) in [5.74, 6) is 0.0917. The molecule has 1 aliphatic heterocycles. The second-order valence-electron chi connectivity index (χ2n) is 4.24. The van der Waals surface area contributed by atoms with Crippen LogP contribution in [0.1, 0.15) is 28.8 Å². The van der Waals surface area contributed by atoms with Crippen LogP contribution in [0.2, 0.25) is 0 Å². The van der Waals surface area contributed by atoms with E-state index in [-0.39, 0.29) is 18.0 Å². The summed E-state index contributed by atoms with van der Waals surface area (Å²) in [5.41, 5.74) is 7.30. The number of hydrogen-bond donors (Lipinski definition) is 1. The van der Waals surface area contributed by atoms with Crippen LogP contribution in [0.25, 0.3) is 0 Å². The van der Waals surface area contributed by atoms with Crippen molar-refractivity contribution in [2.75, 3.05) is 6.54 Å². The fourth-order valence-electron chi connectivity index (χ4n) is 2.09. The van der Waals surface area contributed by atoms with Crippen LogP contribution in [0.4, 0.5) is 0 Å². The maximum Gasteiger partial charge on any atom is 0.191 e. The van der Waals surface area contributed by atoms with Crippen LogP contribution in [-0.4, -0.2) is 24.5 Å². The summed E-state index contributed by atoms with van der Waals surface area (Å²) in [6.45, 7) is 2.44. The molecule has 0 aliphatic carbocycles. The van der Waals surface area contributed by atoms with Crippen LogP contribution < -0.4 is 5.73 Å². The molecule has 0 bridgehead atoms. The Morgan fingerprint density at radius 3 is 2.81 bits per heavy atom. The molecular formula is C13H17NO2. The van der Waals surface area contributed by atoms with E-state index in [4.69, 9.17) is 10.5 Å². The lowest BCUT2D eigenvalue weighted by Crippen LogP contribution is -2.25. The standard InChI is InChI=1S/C13H17NO2/c1-9-4-2-3-5-11(9)13(15)12-7-6-10(8-14)16-12/h2-5,10,12H,6-8,14H2,1H3. The van der Waals surface area contributed by atoms with Gasteiger partial charge in [-0.05, 0) is 25.3 Å². The van der Waals surface area contributed by atoms with E-state index < -0.39 is 0 Å². The number of carbonyl (C=O) groups is 1. The smallest absolute Gasteiger partial charge is 0.191 e. The number of hydrogen-bond acceptors (Lipinski definition) is 3. The highest BCUT2D eigenvalue weighted by Gasteiger charge is 2.30. The van der Waals surface area contributed by atoms with Gasteiger partial charge in [0.2, 0.25) is 0 Å². The summed E-state index contributed by atoms with van der Waals surface area (Å²) in [4.78, 5) is 12.2. The molecule has 1 heterocycles. The van der Waals surface area contributed by atoms with Gasteiger partial charge in [0.25, 0.3) is 0 Å². The van der Waals surface area contributed by atoms with E-state index in [2.05, 4.69) is 0 Å². The lowest BCUT2D eigenvalue weighted by molar-refractivity contribution is 0.0403. The maximum absolute atomic E-state index is 12.2. The molecule has 16 heavy (non-hydrogen) atoms. The van der Waals surface area contributed by atoms with Crippen LogP contribution in [0.5, 0.6) is 0 Å². The predicted octanol–water partition coefficient (Wildman–Crippen LogP) is 1.68. The molecule has 1 fully saturated rings. The summed E-state index contributed by atoms with van der Waals surface area (Å²) in [7, 11) is 0. The minimum atomic E-state index is -0.297. The summed E-state index contributed by atoms with van der Waals surface area (Å²) in [6, 6.07) is 7.62. The fraction of sp³-hybridized carbons (Fsp3) is 0.462. The molecule has 0 saturated carbocycles. The molecule has 2 N–H and O–H groups in total. The van der Waals surface area contributed by atoms with Gasteiger partial charge in [0, 0.05) is 12.1 Å². The monoisotopic (exact) mass is 219 g/mol. The number of ketones is 1. The molecule has 1 aliphatic rings. The van der Waals surface area contributed by atoms with Gasteiger partial charge < -0.3 is 10.5 Å². The van der Waals surface area contributed by atoms with Crippen LogP contribution in [0.15, 0.2) is 24.3 Å². The molecule has 2 rings (SSSR count). The Morgan fingerprint density at radius 1 is 1.44 bits per heavy atom. The van der Waals surface area contributed by atoms with Gasteiger partial charge in [-0.2, -0.15) is 0 Å². The summed E-state index contributed by atoms with van der Waals surface area (Å²) >= 11 is 0. The third kappa shape index (κ3) is 2.15. The Labute approximate surface area is 95.6 Å². The Hall–Kier alpha value is -1.19. The zero-order valence-corrected chi connectivity index (χ0v) is 9.48. The van der Waals surface area contributed by atoms with Gasteiger partial charge in [-0.25, -0.2) is 0 Å². The van der Waals surface area contributed by atoms with Gasteiger partial charge in [0.1, 0.15) is 6.10 Å². The molecule has 1 aromatic rings. The zero-order chi connectivity index (χ0) is 11.5. The van der Waals surface area contributed by atoms with Crippen molar-refractivity contribution in [1.29, 1.82) is 0 Å². The molecule has 1 aromatic carbocycles. The molecule has 0 radical (unpaired) electrons. The molecule has 3 nitrogen and oxygen atoms in total. The van der Waals surface area contributed by atoms with E-state index >= 15 is 0 Å². The first-order valence-electron chi connectivity index (χ1n) is 5.67. The van der Waals surface area contributed by atoms with E-state index in [1.807, 2.05) is 31.2 Å². The molecule has 2 unspecified atom stereocenters. The van der Waals surface area contributed by atoms with Gasteiger partial charge in [-0.3, -0.25) is 4.79 Å². The molecule has 0 aromatic heterocycles. The average Bonchev–Trinajstić information content (AvgIpc) is 2.77. The SMILES string of the molecule is Cc1ccccc1C(=O)C1CCC(CN)O1. The van der Waals surface area contributed by atoms with Crippen LogP contribution in [0, 0.1) is 6.92 Å². The molecule has 0 amide bonds. The highest BCUT2D eigenvalue weighted by Crippen LogP contribution is 2.23. The lowest BCUT2D eigenvalue weighted by atomic mass is 10.00. The Bertz CT molecular complexity index is 389. The molecule has 86 valence electrons. The highest BCUT2D eigenvalue weighted by atomic mass is 16.5. The van der Waals surface area contributed by atoms with Gasteiger partial charge in [0.05, 0.1) is 6.10 Å². The number of benzene rings is 1. The predicted molar refractivity (Wildman–Crippen MR) is 62.5 cm³/mol. The third-order valence-electron chi connectivity index (χ3n) is 3.07. The Balaban J connectivity index is 2.12. The van der Waals surface area contributed by atoms with E-state index in [1.54, 1.807) is 0 Å². The topological polar surface area (TPSA) is 52.3 Å². The molecule has 0 spiro atoms. The van der Waals surface area contributed by atoms with E-state index in [1.165, 1.54) is 0 Å². The largest absolute Gasteiger partial charge is 0.366 e. The van der Waals surface area contributed by atoms with Gasteiger partial charge in [0.15, 0.2) is 5.78 Å².